The van der Waals surface area contributed by atoms with E-state index in [1.54, 1.807) is 19.9 Å². The van der Waals surface area contributed by atoms with Gasteiger partial charge in [0.25, 0.3) is 0 Å². The molecule has 1 aromatic rings. The van der Waals surface area contributed by atoms with Gasteiger partial charge in [-0.05, 0) is 41.9 Å². The van der Waals surface area contributed by atoms with Crippen molar-refractivity contribution in [2.75, 3.05) is 13.7 Å². The van der Waals surface area contributed by atoms with Crippen molar-refractivity contribution in [1.82, 2.24) is 0 Å². The second-order valence-corrected chi connectivity index (χ2v) is 4.83. The molecule has 0 heterocycles. The van der Waals surface area contributed by atoms with Gasteiger partial charge in [0, 0.05) is 5.56 Å². The van der Waals surface area contributed by atoms with E-state index in [1.165, 1.54) is 13.2 Å². The minimum Gasteiger partial charge on any atom is -0.493 e. The molecule has 0 atom stereocenters. The molecule has 0 spiro atoms. The van der Waals surface area contributed by atoms with Crippen LogP contribution in [0.1, 0.15) is 24.2 Å². The SMILES string of the molecule is COc1cc(C=O)cc(Br)c1OCC(=O)OC(C)C. The summed E-state index contributed by atoms with van der Waals surface area (Å²) in [4.78, 5) is 22.1. The number of hydrogen-bond acceptors (Lipinski definition) is 5. The summed E-state index contributed by atoms with van der Waals surface area (Å²) in [7, 11) is 1.45. The first-order valence-corrected chi connectivity index (χ1v) is 6.42. The predicted molar refractivity (Wildman–Crippen MR) is 72.8 cm³/mol. The molecule has 0 radical (unpaired) electrons. The summed E-state index contributed by atoms with van der Waals surface area (Å²) in [6.45, 7) is 3.29. The molecule has 104 valence electrons. The molecule has 0 saturated heterocycles. The van der Waals surface area contributed by atoms with E-state index < -0.39 is 5.97 Å². The van der Waals surface area contributed by atoms with Gasteiger partial charge in [-0.1, -0.05) is 0 Å². The Morgan fingerprint density at radius 1 is 1.42 bits per heavy atom. The standard InChI is InChI=1S/C13H15BrO5/c1-8(2)19-12(16)7-18-13-10(14)4-9(6-15)5-11(13)17-3/h4-6,8H,7H2,1-3H3. The first kappa shape index (κ1) is 15.5. The maximum Gasteiger partial charge on any atom is 0.344 e. The minimum atomic E-state index is -0.469. The average Bonchev–Trinajstić information content (AvgIpc) is 2.35. The molecule has 0 unspecified atom stereocenters. The summed E-state index contributed by atoms with van der Waals surface area (Å²) < 4.78 is 16.0. The highest BCUT2D eigenvalue weighted by molar-refractivity contribution is 9.10. The Kier molecular flexibility index (Phi) is 5.82. The lowest BCUT2D eigenvalue weighted by atomic mass is 10.2. The van der Waals surface area contributed by atoms with Crippen molar-refractivity contribution in [1.29, 1.82) is 0 Å². The molecular formula is C13H15BrO5. The van der Waals surface area contributed by atoms with Gasteiger partial charge in [-0.25, -0.2) is 4.79 Å². The van der Waals surface area contributed by atoms with Crippen molar-refractivity contribution in [3.05, 3.63) is 22.2 Å². The predicted octanol–water partition coefficient (Wildman–Crippen LogP) is 2.60. The highest BCUT2D eigenvalue weighted by Gasteiger charge is 2.14. The number of methoxy groups -OCH3 is 1. The quantitative estimate of drug-likeness (QED) is 0.592. The van der Waals surface area contributed by atoms with Gasteiger partial charge in [0.05, 0.1) is 17.7 Å². The van der Waals surface area contributed by atoms with Crippen molar-refractivity contribution in [2.24, 2.45) is 0 Å². The molecule has 0 fully saturated rings. The third-order valence-corrected chi connectivity index (χ3v) is 2.68. The smallest absolute Gasteiger partial charge is 0.344 e. The van der Waals surface area contributed by atoms with Crippen molar-refractivity contribution in [3.63, 3.8) is 0 Å². The Hall–Kier alpha value is -1.56. The van der Waals surface area contributed by atoms with Crippen LogP contribution in [0.5, 0.6) is 11.5 Å². The van der Waals surface area contributed by atoms with E-state index in [0.717, 1.165) is 0 Å². The molecule has 0 N–H and O–H groups in total. The topological polar surface area (TPSA) is 61.8 Å². The van der Waals surface area contributed by atoms with E-state index in [1.807, 2.05) is 0 Å². The number of ether oxygens (including phenoxy) is 3. The van der Waals surface area contributed by atoms with Gasteiger partial charge in [-0.3, -0.25) is 4.79 Å². The molecule has 19 heavy (non-hydrogen) atoms. The fourth-order valence-corrected chi connectivity index (χ4v) is 1.95. The second kappa shape index (κ2) is 7.13. The van der Waals surface area contributed by atoms with Gasteiger partial charge in [0.2, 0.25) is 0 Å². The minimum absolute atomic E-state index is 0.195. The van der Waals surface area contributed by atoms with Crippen LogP contribution < -0.4 is 9.47 Å². The number of esters is 1. The summed E-state index contributed by atoms with van der Waals surface area (Å²) in [5, 5.41) is 0. The monoisotopic (exact) mass is 330 g/mol. The Balaban J connectivity index is 2.83. The Morgan fingerprint density at radius 2 is 2.11 bits per heavy atom. The molecule has 5 nitrogen and oxygen atoms in total. The van der Waals surface area contributed by atoms with E-state index in [9.17, 15) is 9.59 Å². The van der Waals surface area contributed by atoms with Gasteiger partial charge < -0.3 is 14.2 Å². The Morgan fingerprint density at radius 3 is 2.63 bits per heavy atom. The third-order valence-electron chi connectivity index (χ3n) is 2.09. The first-order chi connectivity index (χ1) is 8.97. The van der Waals surface area contributed by atoms with Crippen molar-refractivity contribution >= 4 is 28.2 Å². The lowest BCUT2D eigenvalue weighted by Crippen LogP contribution is -2.19. The van der Waals surface area contributed by atoms with E-state index >= 15 is 0 Å². The van der Waals surface area contributed by atoms with Gasteiger partial charge in [0.1, 0.15) is 6.29 Å². The number of carbonyl (C=O) groups is 2. The van der Waals surface area contributed by atoms with Crippen LogP contribution in [0.4, 0.5) is 0 Å². The van der Waals surface area contributed by atoms with Crippen LogP contribution in [-0.4, -0.2) is 32.1 Å². The van der Waals surface area contributed by atoms with Crippen molar-refractivity contribution < 1.29 is 23.8 Å². The summed E-state index contributed by atoms with van der Waals surface area (Å²) in [5.41, 5.74) is 0.445. The highest BCUT2D eigenvalue weighted by Crippen LogP contribution is 2.36. The first-order valence-electron chi connectivity index (χ1n) is 5.63. The summed E-state index contributed by atoms with van der Waals surface area (Å²) in [5.74, 6) is 0.256. The summed E-state index contributed by atoms with van der Waals surface area (Å²) in [6.07, 6.45) is 0.503. The molecular weight excluding hydrogens is 316 g/mol. The fourth-order valence-electron chi connectivity index (χ4n) is 1.38. The van der Waals surface area contributed by atoms with E-state index in [2.05, 4.69) is 15.9 Å². The number of carbonyl (C=O) groups excluding carboxylic acids is 2. The summed E-state index contributed by atoms with van der Waals surface area (Å²) >= 11 is 3.26. The number of hydrogen-bond donors (Lipinski definition) is 0. The Bertz CT molecular complexity index is 470. The molecule has 6 heteroatoms. The van der Waals surface area contributed by atoms with Crippen LogP contribution in [0.15, 0.2) is 16.6 Å². The number of halogens is 1. The number of rotatable bonds is 6. The van der Waals surface area contributed by atoms with E-state index in [4.69, 9.17) is 14.2 Å². The molecule has 0 amide bonds. The number of benzene rings is 1. The average molecular weight is 331 g/mol. The van der Waals surface area contributed by atoms with E-state index in [-0.39, 0.29) is 12.7 Å². The molecule has 1 rings (SSSR count). The van der Waals surface area contributed by atoms with Gasteiger partial charge in [-0.2, -0.15) is 0 Å². The van der Waals surface area contributed by atoms with Crippen molar-refractivity contribution in [3.8, 4) is 11.5 Å². The maximum absolute atomic E-state index is 11.4. The zero-order valence-electron chi connectivity index (χ0n) is 10.9. The molecule has 0 aliphatic heterocycles. The normalized spacial score (nSPS) is 10.2. The molecule has 0 bridgehead atoms. The largest absolute Gasteiger partial charge is 0.493 e. The highest BCUT2D eigenvalue weighted by atomic mass is 79.9. The van der Waals surface area contributed by atoms with Gasteiger partial charge >= 0.3 is 5.97 Å². The molecule has 0 saturated carbocycles. The maximum atomic E-state index is 11.4. The molecule has 0 aromatic heterocycles. The zero-order valence-corrected chi connectivity index (χ0v) is 12.5. The molecule has 0 aliphatic rings. The number of aldehydes is 1. The fraction of sp³-hybridized carbons (Fsp3) is 0.385. The van der Waals surface area contributed by atoms with Crippen molar-refractivity contribution in [2.45, 2.75) is 20.0 Å². The van der Waals surface area contributed by atoms with Crippen LogP contribution in [0.3, 0.4) is 0 Å². The lowest BCUT2D eigenvalue weighted by molar-refractivity contribution is -0.149. The third kappa shape index (κ3) is 4.55. The van der Waals surface area contributed by atoms with Gasteiger partial charge in [0.15, 0.2) is 18.1 Å². The molecule has 0 aliphatic carbocycles. The van der Waals surface area contributed by atoms with Crippen LogP contribution >= 0.6 is 15.9 Å². The lowest BCUT2D eigenvalue weighted by Gasteiger charge is -2.13. The molecule has 1 aromatic carbocycles. The summed E-state index contributed by atoms with van der Waals surface area (Å²) in [6, 6.07) is 3.11. The van der Waals surface area contributed by atoms with Crippen LogP contribution in [0, 0.1) is 0 Å². The van der Waals surface area contributed by atoms with Crippen LogP contribution in [0.25, 0.3) is 0 Å². The second-order valence-electron chi connectivity index (χ2n) is 3.98. The van der Waals surface area contributed by atoms with Gasteiger partial charge in [-0.15, -0.1) is 0 Å². The van der Waals surface area contributed by atoms with Crippen LogP contribution in [-0.2, 0) is 9.53 Å². The van der Waals surface area contributed by atoms with Crippen LogP contribution in [0.2, 0.25) is 0 Å². The van der Waals surface area contributed by atoms with E-state index in [0.29, 0.717) is 27.8 Å². The Labute approximate surface area is 120 Å². The zero-order chi connectivity index (χ0) is 14.4.